The number of thioether (sulfide) groups is 2. The minimum Gasteiger partial charge on any atom is -0.356 e. The van der Waals surface area contributed by atoms with E-state index in [9.17, 15) is 4.39 Å². The van der Waals surface area contributed by atoms with E-state index < -0.39 is 0 Å². The van der Waals surface area contributed by atoms with Crippen LogP contribution in [0.2, 0.25) is 0 Å². The van der Waals surface area contributed by atoms with E-state index in [-0.39, 0.29) is 29.8 Å². The molecule has 0 bridgehead atoms. The molecule has 0 fully saturated rings. The van der Waals surface area contributed by atoms with Crippen LogP contribution in [0.4, 0.5) is 4.39 Å². The van der Waals surface area contributed by atoms with Crippen molar-refractivity contribution in [3.05, 3.63) is 30.1 Å². The molecule has 3 nitrogen and oxygen atoms in total. The molecule has 0 saturated heterocycles. The molecule has 0 spiro atoms. The van der Waals surface area contributed by atoms with Gasteiger partial charge in [-0.15, -0.1) is 35.7 Å². The van der Waals surface area contributed by atoms with E-state index in [2.05, 4.69) is 21.9 Å². The summed E-state index contributed by atoms with van der Waals surface area (Å²) in [6.07, 6.45) is 5.58. The standard InChI is InChI=1S/C16H26FN3S2.HI/c1-18-16(19-10-3-4-12-21-2)20-11-5-13-22-15-8-6-14(17)7-9-15;/h6-9H,3-5,10-13H2,1-2H3,(H2,18,19,20);1H. The smallest absolute Gasteiger partial charge is 0.190 e. The van der Waals surface area contributed by atoms with Gasteiger partial charge in [-0.1, -0.05) is 0 Å². The van der Waals surface area contributed by atoms with Crippen molar-refractivity contribution in [1.82, 2.24) is 10.6 Å². The maximum absolute atomic E-state index is 12.8. The molecule has 0 aliphatic carbocycles. The minimum atomic E-state index is -0.182. The number of rotatable bonds is 10. The van der Waals surface area contributed by atoms with Crippen molar-refractivity contribution >= 4 is 53.5 Å². The maximum atomic E-state index is 12.8. The molecule has 0 heterocycles. The average Bonchev–Trinajstić information content (AvgIpc) is 2.54. The van der Waals surface area contributed by atoms with Crippen molar-refractivity contribution in [1.29, 1.82) is 0 Å². The van der Waals surface area contributed by atoms with Crippen molar-refractivity contribution in [3.8, 4) is 0 Å². The summed E-state index contributed by atoms with van der Waals surface area (Å²) in [6, 6.07) is 6.65. The van der Waals surface area contributed by atoms with E-state index in [4.69, 9.17) is 0 Å². The zero-order valence-electron chi connectivity index (χ0n) is 13.8. The second kappa shape index (κ2) is 15.4. The molecule has 1 aromatic rings. The Bertz CT molecular complexity index is 430. The summed E-state index contributed by atoms with van der Waals surface area (Å²) < 4.78 is 12.8. The molecule has 0 amide bonds. The largest absolute Gasteiger partial charge is 0.356 e. The van der Waals surface area contributed by atoms with Gasteiger partial charge in [-0.3, -0.25) is 4.99 Å². The summed E-state index contributed by atoms with van der Waals surface area (Å²) in [7, 11) is 1.80. The van der Waals surface area contributed by atoms with E-state index in [0.29, 0.717) is 0 Å². The fourth-order valence-electron chi connectivity index (χ4n) is 1.80. The van der Waals surface area contributed by atoms with Crippen LogP contribution in [0.1, 0.15) is 19.3 Å². The Morgan fingerprint density at radius 2 is 1.70 bits per heavy atom. The second-order valence-corrected chi connectivity index (χ2v) is 6.94. The van der Waals surface area contributed by atoms with Gasteiger partial charge in [0.1, 0.15) is 5.82 Å². The molecule has 0 atom stereocenters. The SMILES string of the molecule is CN=C(NCCCCSC)NCCCSc1ccc(F)cc1.I. The highest BCUT2D eigenvalue weighted by Gasteiger charge is 1.98. The second-order valence-electron chi connectivity index (χ2n) is 4.78. The quantitative estimate of drug-likeness (QED) is 0.176. The van der Waals surface area contributed by atoms with E-state index >= 15 is 0 Å². The summed E-state index contributed by atoms with van der Waals surface area (Å²) in [5, 5.41) is 6.64. The first-order chi connectivity index (χ1) is 10.8. The predicted molar refractivity (Wildman–Crippen MR) is 114 cm³/mol. The number of aliphatic imine (C=N–C) groups is 1. The zero-order chi connectivity index (χ0) is 16.0. The minimum absolute atomic E-state index is 0. The lowest BCUT2D eigenvalue weighted by Crippen LogP contribution is -2.38. The molecule has 23 heavy (non-hydrogen) atoms. The average molecular weight is 471 g/mol. The van der Waals surface area contributed by atoms with Gasteiger partial charge in [0.05, 0.1) is 0 Å². The van der Waals surface area contributed by atoms with Gasteiger partial charge in [0, 0.05) is 25.0 Å². The lowest BCUT2D eigenvalue weighted by molar-refractivity contribution is 0.626. The van der Waals surface area contributed by atoms with E-state index in [1.54, 1.807) is 18.8 Å². The highest BCUT2D eigenvalue weighted by Crippen LogP contribution is 2.18. The van der Waals surface area contributed by atoms with Crippen LogP contribution < -0.4 is 10.6 Å². The van der Waals surface area contributed by atoms with Crippen LogP contribution in [0.25, 0.3) is 0 Å². The topological polar surface area (TPSA) is 36.4 Å². The first-order valence-electron chi connectivity index (χ1n) is 7.58. The third-order valence-electron chi connectivity index (χ3n) is 2.99. The van der Waals surface area contributed by atoms with Gasteiger partial charge in [0.2, 0.25) is 0 Å². The van der Waals surface area contributed by atoms with Gasteiger partial charge in [0.25, 0.3) is 0 Å². The lowest BCUT2D eigenvalue weighted by Gasteiger charge is -2.11. The Labute approximate surface area is 165 Å². The van der Waals surface area contributed by atoms with Crippen LogP contribution in [-0.4, -0.2) is 43.9 Å². The molecular weight excluding hydrogens is 444 g/mol. The van der Waals surface area contributed by atoms with Crippen molar-refractivity contribution in [2.75, 3.05) is 37.9 Å². The molecular formula is C16H27FIN3S2. The Balaban J connectivity index is 0.00000484. The van der Waals surface area contributed by atoms with Gasteiger partial charge in [-0.2, -0.15) is 11.8 Å². The predicted octanol–water partition coefficient (Wildman–Crippen LogP) is 4.23. The van der Waals surface area contributed by atoms with Gasteiger partial charge in [-0.05, 0) is 61.3 Å². The fourth-order valence-corrected chi connectivity index (χ4v) is 3.14. The van der Waals surface area contributed by atoms with Crippen LogP contribution in [0.15, 0.2) is 34.2 Å². The molecule has 2 N–H and O–H groups in total. The summed E-state index contributed by atoms with van der Waals surface area (Å²) in [4.78, 5) is 5.32. The van der Waals surface area contributed by atoms with E-state index in [1.165, 1.54) is 30.7 Å². The number of hydrogen-bond donors (Lipinski definition) is 2. The number of nitrogens with one attached hydrogen (secondary N) is 2. The van der Waals surface area contributed by atoms with Crippen LogP contribution in [0.5, 0.6) is 0 Å². The molecule has 0 radical (unpaired) electrons. The molecule has 7 heteroatoms. The summed E-state index contributed by atoms with van der Waals surface area (Å²) >= 11 is 3.63. The highest BCUT2D eigenvalue weighted by atomic mass is 127. The molecule has 0 saturated carbocycles. The van der Waals surface area contributed by atoms with Crippen molar-refractivity contribution in [2.45, 2.75) is 24.2 Å². The fraction of sp³-hybridized carbons (Fsp3) is 0.562. The highest BCUT2D eigenvalue weighted by molar-refractivity contribution is 14.0. The van der Waals surface area contributed by atoms with E-state index in [1.807, 2.05) is 23.9 Å². The molecule has 0 unspecified atom stereocenters. The monoisotopic (exact) mass is 471 g/mol. The van der Waals surface area contributed by atoms with Gasteiger partial charge < -0.3 is 10.6 Å². The van der Waals surface area contributed by atoms with Gasteiger partial charge in [-0.25, -0.2) is 4.39 Å². The summed E-state index contributed by atoms with van der Waals surface area (Å²) in [5.41, 5.74) is 0. The Morgan fingerprint density at radius 3 is 2.30 bits per heavy atom. The van der Waals surface area contributed by atoms with Crippen molar-refractivity contribution in [3.63, 3.8) is 0 Å². The van der Waals surface area contributed by atoms with Gasteiger partial charge >= 0.3 is 0 Å². The molecule has 132 valence electrons. The normalized spacial score (nSPS) is 11.0. The van der Waals surface area contributed by atoms with Crippen LogP contribution in [-0.2, 0) is 0 Å². The molecule has 1 aromatic carbocycles. The summed E-state index contributed by atoms with van der Waals surface area (Å²) in [5.74, 6) is 2.91. The van der Waals surface area contributed by atoms with Crippen molar-refractivity contribution < 1.29 is 4.39 Å². The van der Waals surface area contributed by atoms with Crippen molar-refractivity contribution in [2.24, 2.45) is 4.99 Å². The number of halogens is 2. The third-order valence-corrected chi connectivity index (χ3v) is 4.78. The molecule has 1 rings (SSSR count). The molecule has 0 aliphatic rings. The number of unbranched alkanes of at least 4 members (excludes halogenated alkanes) is 1. The zero-order valence-corrected chi connectivity index (χ0v) is 17.8. The maximum Gasteiger partial charge on any atom is 0.190 e. The number of hydrogen-bond acceptors (Lipinski definition) is 3. The van der Waals surface area contributed by atoms with E-state index in [0.717, 1.165) is 36.1 Å². The first-order valence-corrected chi connectivity index (χ1v) is 9.96. The molecule has 0 aromatic heterocycles. The Kier molecular flexibility index (Phi) is 15.3. The lowest BCUT2D eigenvalue weighted by atomic mass is 10.3. The number of guanidine groups is 1. The van der Waals surface area contributed by atoms with Crippen LogP contribution >= 0.6 is 47.5 Å². The van der Waals surface area contributed by atoms with Crippen LogP contribution in [0, 0.1) is 5.82 Å². The van der Waals surface area contributed by atoms with Crippen LogP contribution in [0.3, 0.4) is 0 Å². The first kappa shape index (κ1) is 22.9. The third kappa shape index (κ3) is 11.9. The van der Waals surface area contributed by atoms with Gasteiger partial charge in [0.15, 0.2) is 5.96 Å². The Hall–Kier alpha value is -0.150. The molecule has 0 aliphatic heterocycles. The Morgan fingerprint density at radius 1 is 1.04 bits per heavy atom. The summed E-state index contributed by atoms with van der Waals surface area (Å²) in [6.45, 7) is 1.85. The number of benzene rings is 1. The number of nitrogens with zero attached hydrogens (tertiary/aromatic N) is 1.